The Labute approximate surface area is 188 Å². The van der Waals surface area contributed by atoms with E-state index < -0.39 is 5.91 Å². The summed E-state index contributed by atoms with van der Waals surface area (Å²) in [5.74, 6) is -0.00289. The predicted molar refractivity (Wildman–Crippen MR) is 124 cm³/mol. The van der Waals surface area contributed by atoms with Crippen LogP contribution in [0.15, 0.2) is 65.1 Å². The molecule has 0 atom stereocenters. The summed E-state index contributed by atoms with van der Waals surface area (Å²) in [5, 5.41) is 6.54. The Bertz CT molecular complexity index is 1290. The third-order valence-corrected chi connectivity index (χ3v) is 5.21. The Hall–Kier alpha value is -2.93. The third-order valence-electron chi connectivity index (χ3n) is 4.34. The van der Waals surface area contributed by atoms with E-state index in [1.807, 2.05) is 25.1 Å². The van der Waals surface area contributed by atoms with E-state index in [9.17, 15) is 4.79 Å². The monoisotopic (exact) mass is 455 g/mol. The Balaban J connectivity index is 1.54. The van der Waals surface area contributed by atoms with Crippen LogP contribution in [0.2, 0.25) is 10.0 Å². The number of hydrogen-bond acceptors (Lipinski definition) is 4. The first-order valence-electron chi connectivity index (χ1n) is 8.95. The standard InChI is InChI=1S/C22H15Cl2N3O2S/c1-12-6-9-19-18(10-12)26-21(29-19)15-11-13(7-8-17(15)24)25-22(30)27-20(28)14-4-2-3-5-16(14)23/h2-11H,1H3,(H2,25,27,28,30). The van der Waals surface area contributed by atoms with Gasteiger partial charge in [0.2, 0.25) is 5.89 Å². The molecule has 4 aromatic rings. The average Bonchev–Trinajstić information content (AvgIpc) is 3.12. The van der Waals surface area contributed by atoms with Crippen molar-refractivity contribution in [1.29, 1.82) is 0 Å². The number of amides is 1. The van der Waals surface area contributed by atoms with Gasteiger partial charge in [0.25, 0.3) is 5.91 Å². The van der Waals surface area contributed by atoms with Crippen LogP contribution in [-0.4, -0.2) is 16.0 Å². The van der Waals surface area contributed by atoms with Gasteiger partial charge in [-0.1, -0.05) is 41.4 Å². The van der Waals surface area contributed by atoms with Crippen molar-refractivity contribution in [2.45, 2.75) is 6.92 Å². The SMILES string of the molecule is Cc1ccc2oc(-c3cc(NC(=S)NC(=O)c4ccccc4Cl)ccc3Cl)nc2c1. The van der Waals surface area contributed by atoms with E-state index in [1.54, 1.807) is 42.5 Å². The molecule has 0 bridgehead atoms. The summed E-state index contributed by atoms with van der Waals surface area (Å²) in [5.41, 5.74) is 4.08. The minimum Gasteiger partial charge on any atom is -0.436 e. The zero-order chi connectivity index (χ0) is 21.3. The number of halogens is 2. The van der Waals surface area contributed by atoms with Gasteiger partial charge in [-0.3, -0.25) is 10.1 Å². The smallest absolute Gasteiger partial charge is 0.258 e. The second kappa shape index (κ2) is 8.44. The number of nitrogens with zero attached hydrogens (tertiary/aromatic N) is 1. The fourth-order valence-corrected chi connectivity index (χ4v) is 3.53. The van der Waals surface area contributed by atoms with Crippen molar-refractivity contribution < 1.29 is 9.21 Å². The zero-order valence-electron chi connectivity index (χ0n) is 15.7. The molecule has 4 rings (SSSR count). The van der Waals surface area contributed by atoms with Crippen molar-refractivity contribution in [1.82, 2.24) is 10.3 Å². The van der Waals surface area contributed by atoms with Crippen LogP contribution in [0.1, 0.15) is 15.9 Å². The molecule has 150 valence electrons. The van der Waals surface area contributed by atoms with Gasteiger partial charge in [-0.2, -0.15) is 0 Å². The van der Waals surface area contributed by atoms with E-state index in [4.69, 9.17) is 39.8 Å². The Morgan fingerprint density at radius 1 is 1.03 bits per heavy atom. The number of aryl methyl sites for hydroxylation is 1. The number of rotatable bonds is 3. The molecule has 0 radical (unpaired) electrons. The molecular formula is C22H15Cl2N3O2S. The number of carbonyl (C=O) groups excluding carboxylic acids is 1. The number of thiocarbonyl (C=S) groups is 1. The lowest BCUT2D eigenvalue weighted by atomic mass is 10.2. The van der Waals surface area contributed by atoms with Crippen molar-refractivity contribution in [2.75, 3.05) is 5.32 Å². The van der Waals surface area contributed by atoms with Crippen molar-refractivity contribution in [3.63, 3.8) is 0 Å². The molecule has 0 spiro atoms. The van der Waals surface area contributed by atoms with Crippen LogP contribution in [0.5, 0.6) is 0 Å². The number of carbonyl (C=O) groups is 1. The first-order valence-corrected chi connectivity index (χ1v) is 10.1. The molecule has 5 nitrogen and oxygen atoms in total. The van der Waals surface area contributed by atoms with Crippen LogP contribution in [-0.2, 0) is 0 Å². The molecule has 0 saturated carbocycles. The first-order chi connectivity index (χ1) is 14.4. The summed E-state index contributed by atoms with van der Waals surface area (Å²) in [6, 6.07) is 17.7. The quantitative estimate of drug-likeness (QED) is 0.358. The van der Waals surface area contributed by atoms with Crippen LogP contribution >= 0.6 is 35.4 Å². The summed E-state index contributed by atoms with van der Waals surface area (Å²) in [6.45, 7) is 1.99. The van der Waals surface area contributed by atoms with Gasteiger partial charge in [0, 0.05) is 5.69 Å². The molecule has 0 saturated heterocycles. The lowest BCUT2D eigenvalue weighted by molar-refractivity contribution is 0.0978. The van der Waals surface area contributed by atoms with Gasteiger partial charge >= 0.3 is 0 Å². The van der Waals surface area contributed by atoms with E-state index in [0.29, 0.717) is 38.3 Å². The molecule has 0 aliphatic heterocycles. The van der Waals surface area contributed by atoms with Crippen molar-refractivity contribution in [3.05, 3.63) is 81.8 Å². The minimum atomic E-state index is -0.401. The lowest BCUT2D eigenvalue weighted by Crippen LogP contribution is -2.34. The first kappa shape index (κ1) is 20.3. The number of aromatic nitrogens is 1. The zero-order valence-corrected chi connectivity index (χ0v) is 18.0. The van der Waals surface area contributed by atoms with Crippen LogP contribution in [0.3, 0.4) is 0 Å². The fourth-order valence-electron chi connectivity index (χ4n) is 2.90. The van der Waals surface area contributed by atoms with Crippen LogP contribution in [0.25, 0.3) is 22.6 Å². The third kappa shape index (κ3) is 4.31. The number of oxazole rings is 1. The number of nitrogens with one attached hydrogen (secondary N) is 2. The number of anilines is 1. The highest BCUT2D eigenvalue weighted by Gasteiger charge is 2.15. The molecule has 1 amide bonds. The Kier molecular flexibility index (Phi) is 5.72. The molecule has 0 aliphatic carbocycles. The van der Waals surface area contributed by atoms with Gasteiger partial charge in [-0.15, -0.1) is 0 Å². The summed E-state index contributed by atoms with van der Waals surface area (Å²) >= 11 is 17.7. The second-order valence-electron chi connectivity index (χ2n) is 6.57. The van der Waals surface area contributed by atoms with E-state index in [2.05, 4.69) is 15.6 Å². The minimum absolute atomic E-state index is 0.126. The highest BCUT2D eigenvalue weighted by Crippen LogP contribution is 2.32. The normalized spacial score (nSPS) is 10.8. The van der Waals surface area contributed by atoms with Crippen molar-refractivity contribution in [3.8, 4) is 11.5 Å². The van der Waals surface area contributed by atoms with E-state index in [1.165, 1.54) is 0 Å². The molecule has 8 heteroatoms. The van der Waals surface area contributed by atoms with E-state index in [0.717, 1.165) is 11.1 Å². The Morgan fingerprint density at radius 2 is 1.83 bits per heavy atom. The fraction of sp³-hybridized carbons (Fsp3) is 0.0455. The summed E-state index contributed by atoms with van der Waals surface area (Å²) < 4.78 is 5.84. The molecule has 2 N–H and O–H groups in total. The maximum absolute atomic E-state index is 12.4. The van der Waals surface area contributed by atoms with E-state index >= 15 is 0 Å². The largest absolute Gasteiger partial charge is 0.436 e. The molecular weight excluding hydrogens is 441 g/mol. The van der Waals surface area contributed by atoms with Gasteiger partial charge in [0.1, 0.15) is 5.52 Å². The molecule has 1 heterocycles. The van der Waals surface area contributed by atoms with E-state index in [-0.39, 0.29) is 5.11 Å². The molecule has 30 heavy (non-hydrogen) atoms. The number of fused-ring (bicyclic) bond motifs is 1. The summed E-state index contributed by atoms with van der Waals surface area (Å²) in [7, 11) is 0. The Morgan fingerprint density at radius 3 is 2.63 bits per heavy atom. The highest BCUT2D eigenvalue weighted by atomic mass is 35.5. The molecule has 0 aliphatic rings. The number of hydrogen-bond donors (Lipinski definition) is 2. The van der Waals surface area contributed by atoms with Gasteiger partial charge in [-0.25, -0.2) is 4.98 Å². The van der Waals surface area contributed by atoms with Crippen LogP contribution < -0.4 is 10.6 Å². The maximum Gasteiger partial charge on any atom is 0.258 e. The number of benzene rings is 3. The van der Waals surface area contributed by atoms with Crippen molar-refractivity contribution >= 4 is 63.2 Å². The molecule has 0 fully saturated rings. The summed E-state index contributed by atoms with van der Waals surface area (Å²) in [4.78, 5) is 16.9. The van der Waals surface area contributed by atoms with Gasteiger partial charge in [0.05, 0.1) is 21.2 Å². The maximum atomic E-state index is 12.4. The van der Waals surface area contributed by atoms with Gasteiger partial charge in [-0.05, 0) is 67.2 Å². The lowest BCUT2D eigenvalue weighted by Gasteiger charge is -2.11. The average molecular weight is 456 g/mol. The molecule has 1 aromatic heterocycles. The van der Waals surface area contributed by atoms with Crippen LogP contribution in [0.4, 0.5) is 5.69 Å². The van der Waals surface area contributed by atoms with Gasteiger partial charge < -0.3 is 9.73 Å². The van der Waals surface area contributed by atoms with Crippen molar-refractivity contribution in [2.24, 2.45) is 0 Å². The molecule has 0 unspecified atom stereocenters. The predicted octanol–water partition coefficient (Wildman–Crippen LogP) is 6.24. The topological polar surface area (TPSA) is 67.2 Å². The highest BCUT2D eigenvalue weighted by molar-refractivity contribution is 7.80. The van der Waals surface area contributed by atoms with Crippen LogP contribution in [0, 0.1) is 6.92 Å². The summed E-state index contributed by atoms with van der Waals surface area (Å²) in [6.07, 6.45) is 0. The molecule has 3 aromatic carbocycles. The second-order valence-corrected chi connectivity index (χ2v) is 7.80. The van der Waals surface area contributed by atoms with Gasteiger partial charge in [0.15, 0.2) is 10.7 Å².